The van der Waals surface area contributed by atoms with Crippen LogP contribution < -0.4 is 10.6 Å². The summed E-state index contributed by atoms with van der Waals surface area (Å²) in [6, 6.07) is 8.39. The van der Waals surface area contributed by atoms with Gasteiger partial charge in [-0.05, 0) is 42.7 Å². The maximum atomic E-state index is 13.3. The molecule has 1 saturated carbocycles. The molecule has 1 aliphatic carbocycles. The highest BCUT2D eigenvalue weighted by molar-refractivity contribution is 5.96. The summed E-state index contributed by atoms with van der Waals surface area (Å²) in [6.07, 6.45) is 1.34. The summed E-state index contributed by atoms with van der Waals surface area (Å²) >= 11 is 0. The van der Waals surface area contributed by atoms with Crippen LogP contribution >= 0.6 is 0 Å². The van der Waals surface area contributed by atoms with E-state index in [1.807, 2.05) is 0 Å². The quantitative estimate of drug-likeness (QED) is 0.873. The molecule has 25 heavy (non-hydrogen) atoms. The smallest absolute Gasteiger partial charge is 0.251 e. The summed E-state index contributed by atoms with van der Waals surface area (Å²) in [6.45, 7) is -0.353. The number of amides is 2. The Labute approximate surface area is 142 Å². The van der Waals surface area contributed by atoms with Gasteiger partial charge in [0.15, 0.2) is 0 Å². The second-order valence-electron chi connectivity index (χ2n) is 5.98. The fraction of sp³-hybridized carbons (Fsp3) is 0.222. The van der Waals surface area contributed by atoms with Crippen molar-refractivity contribution in [1.29, 1.82) is 0 Å². The van der Waals surface area contributed by atoms with Crippen LogP contribution in [0, 0.1) is 17.5 Å². The van der Waals surface area contributed by atoms with Crippen molar-refractivity contribution in [2.45, 2.75) is 18.4 Å². The van der Waals surface area contributed by atoms with Gasteiger partial charge in [0.1, 0.15) is 17.5 Å². The van der Waals surface area contributed by atoms with Gasteiger partial charge in [-0.15, -0.1) is 0 Å². The summed E-state index contributed by atoms with van der Waals surface area (Å²) in [7, 11) is 0. The molecule has 0 saturated heterocycles. The van der Waals surface area contributed by atoms with Gasteiger partial charge in [0, 0.05) is 11.6 Å². The van der Waals surface area contributed by atoms with Crippen LogP contribution in [-0.4, -0.2) is 18.4 Å². The number of benzene rings is 2. The van der Waals surface area contributed by atoms with Crippen LogP contribution in [0.25, 0.3) is 0 Å². The second-order valence-corrected chi connectivity index (χ2v) is 5.98. The van der Waals surface area contributed by atoms with E-state index in [9.17, 15) is 22.8 Å². The first kappa shape index (κ1) is 17.0. The number of hydrogen-bond donors (Lipinski definition) is 2. The molecule has 0 heterocycles. The second kappa shape index (κ2) is 6.58. The van der Waals surface area contributed by atoms with Gasteiger partial charge in [0.05, 0.1) is 12.1 Å². The molecule has 0 radical (unpaired) electrons. The van der Waals surface area contributed by atoms with Crippen LogP contribution in [0.5, 0.6) is 0 Å². The molecule has 1 aliphatic rings. The van der Waals surface area contributed by atoms with E-state index in [4.69, 9.17) is 0 Å². The minimum Gasteiger partial charge on any atom is -0.345 e. The fourth-order valence-corrected chi connectivity index (χ4v) is 2.66. The highest BCUT2D eigenvalue weighted by atomic mass is 19.1. The first-order chi connectivity index (χ1) is 11.9. The van der Waals surface area contributed by atoms with E-state index in [-0.39, 0.29) is 17.9 Å². The summed E-state index contributed by atoms with van der Waals surface area (Å²) in [5, 5.41) is 5.08. The standard InChI is InChI=1S/C18H15F3N2O2/c19-13-3-1-2-12(8-13)18(4-5-18)23-16(24)10-22-17(25)11-6-14(20)9-15(21)7-11/h1-3,6-9H,4-5,10H2,(H,22,25)(H,23,24). The molecule has 2 N–H and O–H groups in total. The molecule has 0 unspecified atom stereocenters. The Balaban J connectivity index is 1.59. The molecule has 4 nitrogen and oxygen atoms in total. The molecule has 2 aromatic rings. The molecule has 7 heteroatoms. The normalized spacial score (nSPS) is 14.7. The maximum absolute atomic E-state index is 13.3. The van der Waals surface area contributed by atoms with Crippen LogP contribution in [0.1, 0.15) is 28.8 Å². The third-order valence-corrected chi connectivity index (χ3v) is 4.04. The lowest BCUT2D eigenvalue weighted by molar-refractivity contribution is -0.121. The number of halogens is 3. The van der Waals surface area contributed by atoms with E-state index < -0.39 is 29.0 Å². The van der Waals surface area contributed by atoms with E-state index in [2.05, 4.69) is 10.6 Å². The van der Waals surface area contributed by atoms with Crippen LogP contribution in [0.15, 0.2) is 42.5 Å². The lowest BCUT2D eigenvalue weighted by Crippen LogP contribution is -2.42. The topological polar surface area (TPSA) is 58.2 Å². The van der Waals surface area contributed by atoms with Gasteiger partial charge < -0.3 is 10.6 Å². The van der Waals surface area contributed by atoms with Crippen LogP contribution in [0.2, 0.25) is 0 Å². The average Bonchev–Trinajstić information content (AvgIpc) is 3.32. The van der Waals surface area contributed by atoms with Gasteiger partial charge in [0.25, 0.3) is 5.91 Å². The monoisotopic (exact) mass is 348 g/mol. The largest absolute Gasteiger partial charge is 0.345 e. The lowest BCUT2D eigenvalue weighted by atomic mass is 10.0. The molecule has 2 aromatic carbocycles. The SMILES string of the molecule is O=C(CNC(=O)c1cc(F)cc(F)c1)NC1(c2cccc(F)c2)CC1. The van der Waals surface area contributed by atoms with E-state index in [1.165, 1.54) is 12.1 Å². The Morgan fingerprint density at radius 1 is 0.960 bits per heavy atom. The molecular weight excluding hydrogens is 333 g/mol. The first-order valence-electron chi connectivity index (χ1n) is 7.69. The molecule has 0 bridgehead atoms. The van der Waals surface area contributed by atoms with Gasteiger partial charge in [0.2, 0.25) is 5.91 Å². The molecular formula is C18H15F3N2O2. The Morgan fingerprint density at radius 2 is 1.64 bits per heavy atom. The average molecular weight is 348 g/mol. The van der Waals surface area contributed by atoms with Crippen molar-refractivity contribution >= 4 is 11.8 Å². The van der Waals surface area contributed by atoms with Gasteiger partial charge in [-0.3, -0.25) is 9.59 Å². The minimum atomic E-state index is -0.877. The van der Waals surface area contributed by atoms with Crippen molar-refractivity contribution in [3.05, 3.63) is 71.0 Å². The predicted molar refractivity (Wildman–Crippen MR) is 84.1 cm³/mol. The summed E-state index contributed by atoms with van der Waals surface area (Å²) in [5.74, 6) is -3.37. The molecule has 1 fully saturated rings. The van der Waals surface area contributed by atoms with E-state index >= 15 is 0 Å². The zero-order chi connectivity index (χ0) is 18.0. The third kappa shape index (κ3) is 3.99. The molecule has 0 spiro atoms. The number of rotatable bonds is 5. The number of nitrogens with one attached hydrogen (secondary N) is 2. The van der Waals surface area contributed by atoms with Crippen molar-refractivity contribution in [3.63, 3.8) is 0 Å². The molecule has 3 rings (SSSR count). The maximum Gasteiger partial charge on any atom is 0.251 e. The zero-order valence-electron chi connectivity index (χ0n) is 13.1. The summed E-state index contributed by atoms with van der Waals surface area (Å²) < 4.78 is 39.6. The van der Waals surface area contributed by atoms with Crippen molar-refractivity contribution in [2.24, 2.45) is 0 Å². The summed E-state index contributed by atoms with van der Waals surface area (Å²) in [4.78, 5) is 23.9. The van der Waals surface area contributed by atoms with Gasteiger partial charge >= 0.3 is 0 Å². The zero-order valence-corrected chi connectivity index (χ0v) is 13.1. The van der Waals surface area contributed by atoms with Gasteiger partial charge in [-0.2, -0.15) is 0 Å². The summed E-state index contributed by atoms with van der Waals surface area (Å²) in [5.41, 5.74) is -0.162. The molecule has 130 valence electrons. The Kier molecular flexibility index (Phi) is 4.48. The van der Waals surface area contributed by atoms with Crippen LogP contribution in [0.3, 0.4) is 0 Å². The Morgan fingerprint density at radius 3 is 2.24 bits per heavy atom. The van der Waals surface area contributed by atoms with Crippen LogP contribution in [-0.2, 0) is 10.3 Å². The van der Waals surface area contributed by atoms with Crippen molar-refractivity contribution in [3.8, 4) is 0 Å². The van der Waals surface area contributed by atoms with Crippen molar-refractivity contribution in [1.82, 2.24) is 10.6 Å². The van der Waals surface area contributed by atoms with E-state index in [0.29, 0.717) is 24.5 Å². The third-order valence-electron chi connectivity index (χ3n) is 4.04. The number of hydrogen-bond acceptors (Lipinski definition) is 2. The van der Waals surface area contributed by atoms with Crippen molar-refractivity contribution in [2.75, 3.05) is 6.54 Å². The Bertz CT molecular complexity index is 815. The predicted octanol–water partition coefficient (Wildman–Crippen LogP) is 2.64. The molecule has 0 aliphatic heterocycles. The van der Waals surface area contributed by atoms with E-state index in [1.54, 1.807) is 12.1 Å². The van der Waals surface area contributed by atoms with Crippen LogP contribution in [0.4, 0.5) is 13.2 Å². The Hall–Kier alpha value is -2.83. The molecule has 2 amide bonds. The molecule has 0 aromatic heterocycles. The minimum absolute atomic E-state index is 0.212. The highest BCUT2D eigenvalue weighted by Gasteiger charge is 2.45. The van der Waals surface area contributed by atoms with Gasteiger partial charge in [-0.25, -0.2) is 13.2 Å². The number of carbonyl (C=O) groups excluding carboxylic acids is 2. The highest BCUT2D eigenvalue weighted by Crippen LogP contribution is 2.45. The lowest BCUT2D eigenvalue weighted by Gasteiger charge is -2.18. The fourth-order valence-electron chi connectivity index (χ4n) is 2.66. The van der Waals surface area contributed by atoms with Gasteiger partial charge in [-0.1, -0.05) is 12.1 Å². The van der Waals surface area contributed by atoms with Crippen molar-refractivity contribution < 1.29 is 22.8 Å². The number of carbonyl (C=O) groups is 2. The molecule has 0 atom stereocenters. The first-order valence-corrected chi connectivity index (χ1v) is 7.69. The van der Waals surface area contributed by atoms with E-state index in [0.717, 1.165) is 12.1 Å².